The number of hydrogen-bond acceptors (Lipinski definition) is 8. The molecule has 9 nitrogen and oxygen atoms in total. The molecule has 0 atom stereocenters. The van der Waals surface area contributed by atoms with Crippen molar-refractivity contribution in [3.05, 3.63) is 47.8 Å². The Hall–Kier alpha value is -3.56. The van der Waals surface area contributed by atoms with Crippen molar-refractivity contribution in [3.63, 3.8) is 0 Å². The monoisotopic (exact) mass is 573 g/mol. The molecular weight excluding hydrogens is 526 g/mol. The van der Waals surface area contributed by atoms with E-state index in [4.69, 9.17) is 19.4 Å². The van der Waals surface area contributed by atoms with E-state index in [0.717, 1.165) is 111 Å². The highest BCUT2D eigenvalue weighted by Gasteiger charge is 2.20. The minimum absolute atomic E-state index is 0.569. The molecule has 42 heavy (non-hydrogen) atoms. The number of unbranched alkanes of at least 4 members (excludes halogenated alkanes) is 2. The second-order valence-corrected chi connectivity index (χ2v) is 11.4. The van der Waals surface area contributed by atoms with Gasteiger partial charge in [0.2, 0.25) is 0 Å². The average molecular weight is 574 g/mol. The molecule has 0 spiro atoms. The van der Waals surface area contributed by atoms with E-state index in [0.29, 0.717) is 6.54 Å². The Labute approximate surface area is 250 Å². The lowest BCUT2D eigenvalue weighted by molar-refractivity contribution is 0.387. The number of ether oxygens (including phenoxy) is 2. The SMILES string of the molecule is CCCCc1nc2c(NCc3ccc(OC)cc3OC)nc3ccc(N4CCNCC4)cc3c2n1CCCCN(C)C. The molecule has 226 valence electrons. The molecule has 0 radical (unpaired) electrons. The third-order valence-corrected chi connectivity index (χ3v) is 8.15. The van der Waals surface area contributed by atoms with Gasteiger partial charge in [-0.1, -0.05) is 13.3 Å². The largest absolute Gasteiger partial charge is 0.497 e. The number of nitrogens with one attached hydrogen (secondary N) is 2. The first-order valence-corrected chi connectivity index (χ1v) is 15.4. The van der Waals surface area contributed by atoms with Crippen LogP contribution in [0.5, 0.6) is 11.5 Å². The van der Waals surface area contributed by atoms with Crippen molar-refractivity contribution in [2.45, 2.75) is 52.1 Å². The fourth-order valence-electron chi connectivity index (χ4n) is 5.81. The van der Waals surface area contributed by atoms with Crippen molar-refractivity contribution in [3.8, 4) is 11.5 Å². The number of piperazine rings is 1. The summed E-state index contributed by atoms with van der Waals surface area (Å²) in [4.78, 5) is 15.2. The lowest BCUT2D eigenvalue weighted by atomic mass is 10.1. The van der Waals surface area contributed by atoms with Gasteiger partial charge in [-0.2, -0.15) is 0 Å². The summed E-state index contributed by atoms with van der Waals surface area (Å²) in [6, 6.07) is 12.7. The number of pyridine rings is 1. The average Bonchev–Trinajstić information content (AvgIpc) is 3.39. The maximum Gasteiger partial charge on any atom is 0.155 e. The van der Waals surface area contributed by atoms with Crippen LogP contribution in [0.25, 0.3) is 21.9 Å². The van der Waals surface area contributed by atoms with Crippen molar-refractivity contribution in [2.75, 3.05) is 71.3 Å². The van der Waals surface area contributed by atoms with Gasteiger partial charge in [-0.15, -0.1) is 0 Å². The lowest BCUT2D eigenvalue weighted by Gasteiger charge is -2.29. The second-order valence-electron chi connectivity index (χ2n) is 11.4. The quantitative estimate of drug-likeness (QED) is 0.197. The Bertz CT molecular complexity index is 1480. The van der Waals surface area contributed by atoms with Gasteiger partial charge in [0, 0.05) is 68.4 Å². The smallest absolute Gasteiger partial charge is 0.155 e. The summed E-state index contributed by atoms with van der Waals surface area (Å²) in [6.45, 7) is 8.89. The van der Waals surface area contributed by atoms with Crippen LogP contribution in [-0.2, 0) is 19.5 Å². The van der Waals surface area contributed by atoms with Crippen LogP contribution in [0.15, 0.2) is 36.4 Å². The first-order chi connectivity index (χ1) is 20.5. The number of methoxy groups -OCH3 is 2. The van der Waals surface area contributed by atoms with E-state index in [9.17, 15) is 0 Å². The number of rotatable bonds is 14. The van der Waals surface area contributed by atoms with Gasteiger partial charge in [0.1, 0.15) is 22.8 Å². The van der Waals surface area contributed by atoms with Gasteiger partial charge in [0.25, 0.3) is 0 Å². The fraction of sp³-hybridized carbons (Fsp3) is 0.515. The zero-order valence-corrected chi connectivity index (χ0v) is 26.0. The fourth-order valence-corrected chi connectivity index (χ4v) is 5.81. The topological polar surface area (TPSA) is 79.7 Å². The van der Waals surface area contributed by atoms with Crippen molar-refractivity contribution in [2.24, 2.45) is 0 Å². The van der Waals surface area contributed by atoms with Crippen LogP contribution in [0.3, 0.4) is 0 Å². The van der Waals surface area contributed by atoms with Crippen molar-refractivity contribution >= 4 is 33.4 Å². The number of nitrogens with zero attached hydrogens (tertiary/aromatic N) is 5. The highest BCUT2D eigenvalue weighted by molar-refractivity contribution is 6.08. The van der Waals surface area contributed by atoms with Crippen LogP contribution in [0.1, 0.15) is 44.0 Å². The Kier molecular flexibility index (Phi) is 10.0. The first-order valence-electron chi connectivity index (χ1n) is 15.4. The molecule has 1 aliphatic heterocycles. The van der Waals surface area contributed by atoms with Crippen LogP contribution in [0, 0.1) is 0 Å². The molecule has 2 aromatic heterocycles. The van der Waals surface area contributed by atoms with E-state index in [1.165, 1.54) is 16.6 Å². The predicted molar refractivity (Wildman–Crippen MR) is 173 cm³/mol. The van der Waals surface area contributed by atoms with Crippen molar-refractivity contribution in [1.82, 2.24) is 24.8 Å². The molecule has 0 unspecified atom stereocenters. The highest BCUT2D eigenvalue weighted by Crippen LogP contribution is 2.34. The number of hydrogen-bond donors (Lipinski definition) is 2. The van der Waals surface area contributed by atoms with Gasteiger partial charge < -0.3 is 34.5 Å². The van der Waals surface area contributed by atoms with Crippen LogP contribution in [-0.4, -0.2) is 80.5 Å². The highest BCUT2D eigenvalue weighted by atomic mass is 16.5. The molecule has 1 fully saturated rings. The summed E-state index contributed by atoms with van der Waals surface area (Å²) in [6.07, 6.45) is 5.47. The standard InChI is InChI=1S/C33H47N7O2/c1-6-7-10-30-37-31-32(40(30)18-9-8-17-38(2)3)27-21-25(39-19-15-34-16-20-39)12-14-28(27)36-33(31)35-23-24-11-13-26(41-4)22-29(24)42-5/h11-14,21-22,34H,6-10,15-20,23H2,1-5H3,(H,35,36). The molecule has 2 aromatic carbocycles. The number of benzene rings is 2. The molecule has 2 N–H and O–H groups in total. The summed E-state index contributed by atoms with van der Waals surface area (Å²) in [5, 5.41) is 8.28. The molecule has 0 bridgehead atoms. The predicted octanol–water partition coefficient (Wildman–Crippen LogP) is 5.31. The van der Waals surface area contributed by atoms with E-state index in [1.807, 2.05) is 18.2 Å². The van der Waals surface area contributed by atoms with E-state index < -0.39 is 0 Å². The van der Waals surface area contributed by atoms with Crippen molar-refractivity contribution < 1.29 is 9.47 Å². The minimum atomic E-state index is 0.569. The molecule has 0 aliphatic carbocycles. The normalized spacial score (nSPS) is 13.8. The third-order valence-electron chi connectivity index (χ3n) is 8.15. The molecule has 9 heteroatoms. The number of imidazole rings is 1. The van der Waals surface area contributed by atoms with Gasteiger partial charge >= 0.3 is 0 Å². The molecule has 1 saturated heterocycles. The zero-order chi connectivity index (χ0) is 29.5. The molecule has 1 aliphatic rings. The number of anilines is 2. The van der Waals surface area contributed by atoms with E-state index in [2.05, 4.69) is 64.2 Å². The number of aryl methyl sites for hydroxylation is 2. The second kappa shape index (κ2) is 14.1. The minimum Gasteiger partial charge on any atom is -0.497 e. The zero-order valence-electron chi connectivity index (χ0n) is 26.0. The Morgan fingerprint density at radius 3 is 2.55 bits per heavy atom. The maximum atomic E-state index is 5.67. The third kappa shape index (κ3) is 6.73. The van der Waals surface area contributed by atoms with Gasteiger partial charge in [-0.25, -0.2) is 9.97 Å². The molecule has 0 saturated carbocycles. The molecule has 5 rings (SSSR count). The van der Waals surface area contributed by atoms with Gasteiger partial charge in [-0.05, 0) is 70.2 Å². The molecule has 3 heterocycles. The van der Waals surface area contributed by atoms with Crippen LogP contribution >= 0.6 is 0 Å². The van der Waals surface area contributed by atoms with E-state index in [-0.39, 0.29) is 0 Å². The summed E-state index contributed by atoms with van der Waals surface area (Å²) in [7, 11) is 7.65. The number of fused-ring (bicyclic) bond motifs is 3. The molecule has 0 amide bonds. The van der Waals surface area contributed by atoms with Crippen LogP contribution in [0.2, 0.25) is 0 Å². The Balaban J connectivity index is 1.59. The Morgan fingerprint density at radius 2 is 1.81 bits per heavy atom. The van der Waals surface area contributed by atoms with Crippen LogP contribution in [0.4, 0.5) is 11.5 Å². The summed E-state index contributed by atoms with van der Waals surface area (Å²) >= 11 is 0. The van der Waals surface area contributed by atoms with E-state index in [1.54, 1.807) is 14.2 Å². The summed E-state index contributed by atoms with van der Waals surface area (Å²) in [5.74, 6) is 3.53. The van der Waals surface area contributed by atoms with Crippen molar-refractivity contribution in [1.29, 1.82) is 0 Å². The number of aromatic nitrogens is 3. The first kappa shape index (κ1) is 29.9. The van der Waals surface area contributed by atoms with Gasteiger partial charge in [-0.3, -0.25) is 0 Å². The maximum absolute atomic E-state index is 5.67. The molecular formula is C33H47N7O2. The summed E-state index contributed by atoms with van der Waals surface area (Å²) in [5.41, 5.74) is 5.42. The van der Waals surface area contributed by atoms with Gasteiger partial charge in [0.15, 0.2) is 5.82 Å². The van der Waals surface area contributed by atoms with Crippen LogP contribution < -0.4 is 25.0 Å². The van der Waals surface area contributed by atoms with Gasteiger partial charge in [0.05, 0.1) is 25.3 Å². The molecule has 4 aromatic rings. The Morgan fingerprint density at radius 1 is 0.976 bits per heavy atom. The lowest BCUT2D eigenvalue weighted by Crippen LogP contribution is -2.43. The summed E-state index contributed by atoms with van der Waals surface area (Å²) < 4.78 is 13.6. The van der Waals surface area contributed by atoms with E-state index >= 15 is 0 Å².